The summed E-state index contributed by atoms with van der Waals surface area (Å²) >= 11 is 0. The molecule has 1 aromatic carbocycles. The predicted molar refractivity (Wildman–Crippen MR) is 137 cm³/mol. The van der Waals surface area contributed by atoms with Crippen LogP contribution in [0.5, 0.6) is 5.75 Å². The molecule has 2 saturated heterocycles. The number of piperazine rings is 1. The summed E-state index contributed by atoms with van der Waals surface area (Å²) in [7, 11) is 1.78. The molecule has 5 rings (SSSR count). The highest BCUT2D eigenvalue weighted by Gasteiger charge is 2.38. The maximum atomic E-state index is 12.0. The summed E-state index contributed by atoms with van der Waals surface area (Å²) in [6.45, 7) is 8.60. The first-order valence-corrected chi connectivity index (χ1v) is 12.4. The van der Waals surface area contributed by atoms with E-state index in [1.54, 1.807) is 11.9 Å². The van der Waals surface area contributed by atoms with Crippen LogP contribution in [0.15, 0.2) is 28.8 Å². The first-order valence-electron chi connectivity index (χ1n) is 12.4. The molecule has 3 aromatic rings. The van der Waals surface area contributed by atoms with Crippen molar-refractivity contribution in [1.29, 1.82) is 0 Å². The normalized spacial score (nSPS) is 18.1. The molecular weight excluding hydrogens is 476 g/mol. The molecule has 1 amide bonds. The number of carbonyl (C=O) groups is 1. The minimum atomic E-state index is -0.618. The highest BCUT2D eigenvalue weighted by molar-refractivity contribution is 5.76. The van der Waals surface area contributed by atoms with E-state index in [1.165, 1.54) is 0 Å². The highest BCUT2D eigenvalue weighted by Crippen LogP contribution is 2.36. The molecule has 2 N–H and O–H groups in total. The molecular formula is C26H32N6O5. The van der Waals surface area contributed by atoms with Crippen molar-refractivity contribution >= 4 is 11.9 Å². The number of aliphatic hydroxyl groups excluding tert-OH is 1. The van der Waals surface area contributed by atoms with Gasteiger partial charge in [0.15, 0.2) is 5.82 Å². The van der Waals surface area contributed by atoms with E-state index in [-0.39, 0.29) is 18.7 Å². The van der Waals surface area contributed by atoms with Gasteiger partial charge in [-0.15, -0.1) is 0 Å². The van der Waals surface area contributed by atoms with E-state index >= 15 is 0 Å². The zero-order valence-electron chi connectivity index (χ0n) is 21.5. The summed E-state index contributed by atoms with van der Waals surface area (Å²) in [4.78, 5) is 26.0. The van der Waals surface area contributed by atoms with Crippen molar-refractivity contribution in [2.75, 3.05) is 51.3 Å². The third-order valence-electron chi connectivity index (χ3n) is 6.78. The Labute approximate surface area is 215 Å². The minimum Gasteiger partial charge on any atom is -0.491 e. The number of cyclic esters (lactones) is 1. The van der Waals surface area contributed by atoms with Crippen molar-refractivity contribution < 1.29 is 23.9 Å². The second kappa shape index (κ2) is 10.3. The molecule has 0 spiro atoms. The molecule has 11 heteroatoms. The van der Waals surface area contributed by atoms with Crippen LogP contribution in [0.4, 0.5) is 10.6 Å². The zero-order chi connectivity index (χ0) is 26.1. The lowest BCUT2D eigenvalue weighted by Gasteiger charge is -2.37. The molecule has 2 aliphatic rings. The van der Waals surface area contributed by atoms with E-state index < -0.39 is 6.10 Å². The van der Waals surface area contributed by atoms with Gasteiger partial charge < -0.3 is 29.3 Å². The Balaban J connectivity index is 1.53. The molecule has 2 aliphatic heterocycles. The van der Waals surface area contributed by atoms with E-state index in [1.807, 2.05) is 45.0 Å². The zero-order valence-corrected chi connectivity index (χ0v) is 21.5. The second-order valence-electron chi connectivity index (χ2n) is 9.46. The fourth-order valence-corrected chi connectivity index (χ4v) is 4.90. The topological polar surface area (TPSA) is 126 Å². The van der Waals surface area contributed by atoms with Crippen LogP contribution in [0, 0.1) is 20.8 Å². The van der Waals surface area contributed by atoms with Gasteiger partial charge in [-0.2, -0.15) is 0 Å². The molecule has 1 unspecified atom stereocenters. The number of benzene rings is 1. The Morgan fingerprint density at radius 1 is 1.24 bits per heavy atom. The molecule has 4 heterocycles. The summed E-state index contributed by atoms with van der Waals surface area (Å²) in [5, 5.41) is 17.1. The number of nitrogens with zero attached hydrogens (tertiary/aromatic N) is 5. The van der Waals surface area contributed by atoms with Gasteiger partial charge in [0.2, 0.25) is 0 Å². The largest absolute Gasteiger partial charge is 0.491 e. The van der Waals surface area contributed by atoms with Crippen LogP contribution in [-0.2, 0) is 4.74 Å². The molecule has 2 atom stereocenters. The molecule has 196 valence electrons. The van der Waals surface area contributed by atoms with Crippen LogP contribution in [0.2, 0.25) is 0 Å². The summed E-state index contributed by atoms with van der Waals surface area (Å²) in [5.74, 6) is 2.65. The summed E-state index contributed by atoms with van der Waals surface area (Å²) in [5.41, 5.74) is 4.06. The van der Waals surface area contributed by atoms with E-state index in [0.717, 1.165) is 33.9 Å². The van der Waals surface area contributed by atoms with Gasteiger partial charge in [-0.3, -0.25) is 4.90 Å². The van der Waals surface area contributed by atoms with E-state index in [2.05, 4.69) is 15.4 Å². The van der Waals surface area contributed by atoms with Crippen LogP contribution in [-0.4, -0.2) is 89.8 Å². The van der Waals surface area contributed by atoms with Gasteiger partial charge in [0.25, 0.3) is 0 Å². The number of hydrogen-bond acceptors (Lipinski definition) is 10. The Morgan fingerprint density at radius 3 is 2.84 bits per heavy atom. The first kappa shape index (κ1) is 25.0. The predicted octanol–water partition coefficient (Wildman–Crippen LogP) is 2.32. The number of anilines is 1. The van der Waals surface area contributed by atoms with Gasteiger partial charge in [-0.1, -0.05) is 17.3 Å². The number of carbonyl (C=O) groups excluding carboxylic acids is 1. The number of aromatic nitrogens is 3. The standard InChI is InChI=1S/C26H32N6O5/c1-15-23(22-16(2)30-37-17(22)3)28-24(18-6-5-7-21(10-18)35-14-20(33)11-27-4)29-25(15)31-8-9-32-19(12-31)13-36-26(32)34/h5-7,10,19-20,27,33H,8-9,11-14H2,1-4H3/t19-,20?/m0/s1. The van der Waals surface area contributed by atoms with Gasteiger partial charge in [-0.25, -0.2) is 14.8 Å². The van der Waals surface area contributed by atoms with Gasteiger partial charge in [-0.05, 0) is 40.0 Å². The van der Waals surface area contributed by atoms with Gasteiger partial charge in [0.05, 0.1) is 23.0 Å². The highest BCUT2D eigenvalue weighted by atomic mass is 16.6. The number of amides is 1. The summed E-state index contributed by atoms with van der Waals surface area (Å²) in [6, 6.07) is 7.52. The first-order chi connectivity index (χ1) is 17.9. The van der Waals surface area contributed by atoms with E-state index in [0.29, 0.717) is 50.1 Å². The number of nitrogens with one attached hydrogen (secondary N) is 1. The van der Waals surface area contributed by atoms with Crippen molar-refractivity contribution in [2.24, 2.45) is 0 Å². The van der Waals surface area contributed by atoms with E-state index in [9.17, 15) is 9.90 Å². The van der Waals surface area contributed by atoms with E-state index in [4.69, 9.17) is 24.0 Å². The third-order valence-corrected chi connectivity index (χ3v) is 6.78. The smallest absolute Gasteiger partial charge is 0.410 e. The van der Waals surface area contributed by atoms with Gasteiger partial charge in [0, 0.05) is 37.3 Å². The molecule has 0 saturated carbocycles. The number of rotatable bonds is 8. The molecule has 37 heavy (non-hydrogen) atoms. The Hall–Kier alpha value is -3.70. The third kappa shape index (κ3) is 4.96. The van der Waals surface area contributed by atoms with Crippen LogP contribution in [0.25, 0.3) is 22.6 Å². The maximum absolute atomic E-state index is 12.0. The molecule has 11 nitrogen and oxygen atoms in total. The maximum Gasteiger partial charge on any atom is 0.410 e. The van der Waals surface area contributed by atoms with Crippen LogP contribution in [0.1, 0.15) is 17.0 Å². The van der Waals surface area contributed by atoms with Crippen LogP contribution >= 0.6 is 0 Å². The van der Waals surface area contributed by atoms with Gasteiger partial charge in [0.1, 0.15) is 36.6 Å². The summed E-state index contributed by atoms with van der Waals surface area (Å²) in [6.07, 6.45) is -0.870. The SMILES string of the molecule is CNCC(O)COc1cccc(-c2nc(-c3c(C)noc3C)c(C)c(N3CCN4C(=O)OC[C@@H]4C3)n2)c1. The van der Waals surface area contributed by atoms with Crippen LogP contribution in [0.3, 0.4) is 0 Å². The van der Waals surface area contributed by atoms with Crippen molar-refractivity contribution in [2.45, 2.75) is 32.9 Å². The lowest BCUT2D eigenvalue weighted by atomic mass is 10.0. The molecule has 0 aliphatic carbocycles. The number of aliphatic hydroxyl groups is 1. The molecule has 0 bridgehead atoms. The van der Waals surface area contributed by atoms with Crippen molar-refractivity contribution in [1.82, 2.24) is 25.3 Å². The average molecular weight is 509 g/mol. The number of aryl methyl sites for hydroxylation is 2. The van der Waals surface area contributed by atoms with Crippen molar-refractivity contribution in [3.8, 4) is 28.4 Å². The van der Waals surface area contributed by atoms with Crippen molar-refractivity contribution in [3.05, 3.63) is 41.3 Å². The van der Waals surface area contributed by atoms with Gasteiger partial charge >= 0.3 is 6.09 Å². The average Bonchev–Trinajstić information content (AvgIpc) is 3.44. The molecule has 2 fully saturated rings. The lowest BCUT2D eigenvalue weighted by molar-refractivity contribution is 0.108. The minimum absolute atomic E-state index is 0.0117. The molecule has 2 aromatic heterocycles. The molecule has 0 radical (unpaired) electrons. The van der Waals surface area contributed by atoms with Crippen molar-refractivity contribution in [3.63, 3.8) is 0 Å². The summed E-state index contributed by atoms with van der Waals surface area (Å²) < 4.78 is 16.5. The monoisotopic (exact) mass is 508 g/mol. The number of fused-ring (bicyclic) bond motifs is 1. The Morgan fingerprint density at radius 2 is 2.08 bits per heavy atom. The fourth-order valence-electron chi connectivity index (χ4n) is 4.90. The van der Waals surface area contributed by atoms with Crippen LogP contribution < -0.4 is 15.0 Å². The Kier molecular flexibility index (Phi) is 6.98. The number of ether oxygens (including phenoxy) is 2. The second-order valence-corrected chi connectivity index (χ2v) is 9.46. The Bertz CT molecular complexity index is 1270. The number of likely N-dealkylation sites (N-methyl/N-ethyl adjacent to an activating group) is 1. The number of hydrogen-bond donors (Lipinski definition) is 2. The fraction of sp³-hybridized carbons (Fsp3) is 0.462. The quantitative estimate of drug-likeness (QED) is 0.468. The lowest BCUT2D eigenvalue weighted by Crippen LogP contribution is -2.52.